The quantitative estimate of drug-likeness (QED) is 0.816. The summed E-state index contributed by atoms with van der Waals surface area (Å²) in [5.41, 5.74) is 1.37. The maximum atomic E-state index is 4.45. The Bertz CT molecular complexity index is 525. The third-order valence-corrected chi connectivity index (χ3v) is 3.64. The van der Waals surface area contributed by atoms with E-state index in [1.807, 2.05) is 13.0 Å². The van der Waals surface area contributed by atoms with Crippen LogP contribution in [0.4, 0.5) is 11.6 Å². The van der Waals surface area contributed by atoms with Crippen molar-refractivity contribution < 1.29 is 0 Å². The highest BCUT2D eigenvalue weighted by atomic mass is 32.1. The van der Waals surface area contributed by atoms with E-state index in [1.165, 1.54) is 5.56 Å². The van der Waals surface area contributed by atoms with Gasteiger partial charge in [-0.05, 0) is 49.1 Å². The molecule has 2 N–H and O–H groups in total. The maximum Gasteiger partial charge on any atom is 0.132 e. The smallest absolute Gasteiger partial charge is 0.132 e. The number of aromatic nitrogens is 2. The van der Waals surface area contributed by atoms with Gasteiger partial charge in [0.25, 0.3) is 0 Å². The van der Waals surface area contributed by atoms with Crippen LogP contribution in [-0.2, 0) is 6.42 Å². The van der Waals surface area contributed by atoms with E-state index in [-0.39, 0.29) is 0 Å². The molecular weight excluding hydrogens is 268 g/mol. The number of thiophene rings is 1. The Morgan fingerprint density at radius 3 is 2.80 bits per heavy atom. The highest BCUT2D eigenvalue weighted by Gasteiger charge is 2.07. The van der Waals surface area contributed by atoms with Crippen LogP contribution in [0.3, 0.4) is 0 Å². The van der Waals surface area contributed by atoms with Gasteiger partial charge in [0.15, 0.2) is 0 Å². The molecule has 2 aromatic rings. The standard InChI is InChI=1S/C15H22N4S/c1-4-6-16-14-9-15(19-12(3)18-14)17-11(2)8-13-5-7-20-10-13/h5,7,9-11H,4,6,8H2,1-3H3,(H2,16,17,18,19). The monoisotopic (exact) mass is 290 g/mol. The van der Waals surface area contributed by atoms with Crippen LogP contribution in [0.15, 0.2) is 22.9 Å². The summed E-state index contributed by atoms with van der Waals surface area (Å²) in [5.74, 6) is 2.57. The highest BCUT2D eigenvalue weighted by Crippen LogP contribution is 2.15. The largest absolute Gasteiger partial charge is 0.370 e. The summed E-state index contributed by atoms with van der Waals surface area (Å²) in [6.45, 7) is 7.17. The molecule has 0 spiro atoms. The van der Waals surface area contributed by atoms with Crippen molar-refractivity contribution in [2.75, 3.05) is 17.2 Å². The molecule has 0 amide bonds. The molecular formula is C15H22N4S. The van der Waals surface area contributed by atoms with Gasteiger partial charge in [0.2, 0.25) is 0 Å². The van der Waals surface area contributed by atoms with Crippen LogP contribution in [0.1, 0.15) is 31.7 Å². The summed E-state index contributed by atoms with van der Waals surface area (Å²) in [6, 6.07) is 4.49. The van der Waals surface area contributed by atoms with Gasteiger partial charge in [0, 0.05) is 18.7 Å². The van der Waals surface area contributed by atoms with E-state index in [2.05, 4.69) is 51.3 Å². The lowest BCUT2D eigenvalue weighted by Gasteiger charge is -2.15. The fourth-order valence-electron chi connectivity index (χ4n) is 2.05. The topological polar surface area (TPSA) is 49.8 Å². The summed E-state index contributed by atoms with van der Waals surface area (Å²) in [6.07, 6.45) is 2.09. The van der Waals surface area contributed by atoms with Crippen LogP contribution in [0, 0.1) is 6.92 Å². The van der Waals surface area contributed by atoms with Gasteiger partial charge in [0.05, 0.1) is 0 Å². The van der Waals surface area contributed by atoms with E-state index in [0.717, 1.165) is 36.8 Å². The first-order valence-corrected chi connectivity index (χ1v) is 7.99. The van der Waals surface area contributed by atoms with E-state index in [0.29, 0.717) is 6.04 Å². The molecule has 5 heteroatoms. The number of hydrogen-bond acceptors (Lipinski definition) is 5. The molecule has 4 nitrogen and oxygen atoms in total. The molecule has 2 rings (SSSR count). The maximum absolute atomic E-state index is 4.45. The Labute approximate surface area is 124 Å². The molecule has 0 saturated heterocycles. The van der Waals surface area contributed by atoms with Gasteiger partial charge in [-0.3, -0.25) is 0 Å². The Hall–Kier alpha value is -1.62. The Morgan fingerprint density at radius 1 is 1.30 bits per heavy atom. The van der Waals surface area contributed by atoms with Crippen molar-refractivity contribution >= 4 is 23.0 Å². The van der Waals surface area contributed by atoms with Crippen LogP contribution in [0.2, 0.25) is 0 Å². The number of anilines is 2. The van der Waals surface area contributed by atoms with Crippen molar-refractivity contribution in [2.45, 2.75) is 39.7 Å². The van der Waals surface area contributed by atoms with Gasteiger partial charge in [-0.15, -0.1) is 0 Å². The van der Waals surface area contributed by atoms with Gasteiger partial charge in [-0.2, -0.15) is 11.3 Å². The molecule has 0 aliphatic heterocycles. The average molecular weight is 290 g/mol. The minimum atomic E-state index is 0.345. The molecule has 0 bridgehead atoms. The predicted molar refractivity (Wildman–Crippen MR) is 86.7 cm³/mol. The minimum absolute atomic E-state index is 0.345. The van der Waals surface area contributed by atoms with Crippen molar-refractivity contribution in [2.24, 2.45) is 0 Å². The van der Waals surface area contributed by atoms with Crippen LogP contribution in [-0.4, -0.2) is 22.6 Å². The second-order valence-electron chi connectivity index (χ2n) is 4.99. The van der Waals surface area contributed by atoms with Crippen molar-refractivity contribution in [1.82, 2.24) is 9.97 Å². The first-order chi connectivity index (χ1) is 9.67. The lowest BCUT2D eigenvalue weighted by atomic mass is 10.1. The summed E-state index contributed by atoms with van der Waals surface area (Å²) in [5, 5.41) is 11.1. The third kappa shape index (κ3) is 4.49. The molecule has 1 atom stereocenters. The Morgan fingerprint density at radius 2 is 2.10 bits per heavy atom. The number of nitrogens with zero attached hydrogens (tertiary/aromatic N) is 2. The summed E-state index contributed by atoms with van der Waals surface area (Å²) in [4.78, 5) is 8.85. The fraction of sp³-hybridized carbons (Fsp3) is 0.467. The van der Waals surface area contributed by atoms with E-state index in [9.17, 15) is 0 Å². The zero-order chi connectivity index (χ0) is 14.4. The second-order valence-corrected chi connectivity index (χ2v) is 5.77. The normalized spacial score (nSPS) is 12.2. The molecule has 0 fully saturated rings. The lowest BCUT2D eigenvalue weighted by molar-refractivity contribution is 0.784. The third-order valence-electron chi connectivity index (χ3n) is 2.91. The minimum Gasteiger partial charge on any atom is -0.370 e. The van der Waals surface area contributed by atoms with Crippen LogP contribution in [0.5, 0.6) is 0 Å². The van der Waals surface area contributed by atoms with Gasteiger partial charge in [-0.25, -0.2) is 9.97 Å². The first-order valence-electron chi connectivity index (χ1n) is 7.04. The highest BCUT2D eigenvalue weighted by molar-refractivity contribution is 7.07. The van der Waals surface area contributed by atoms with E-state index >= 15 is 0 Å². The summed E-state index contributed by atoms with van der Waals surface area (Å²) in [7, 11) is 0. The fourth-order valence-corrected chi connectivity index (χ4v) is 2.73. The number of aryl methyl sites for hydroxylation is 1. The van der Waals surface area contributed by atoms with E-state index < -0.39 is 0 Å². The zero-order valence-corrected chi connectivity index (χ0v) is 13.1. The number of nitrogens with one attached hydrogen (secondary N) is 2. The van der Waals surface area contributed by atoms with E-state index in [1.54, 1.807) is 11.3 Å². The first kappa shape index (κ1) is 14.8. The summed E-state index contributed by atoms with van der Waals surface area (Å²) >= 11 is 1.74. The molecule has 108 valence electrons. The molecule has 0 aliphatic carbocycles. The van der Waals surface area contributed by atoms with Crippen molar-refractivity contribution in [3.05, 3.63) is 34.3 Å². The van der Waals surface area contributed by atoms with Gasteiger partial charge >= 0.3 is 0 Å². The molecule has 2 heterocycles. The van der Waals surface area contributed by atoms with E-state index in [4.69, 9.17) is 0 Å². The number of hydrogen-bond donors (Lipinski definition) is 2. The van der Waals surface area contributed by atoms with Gasteiger partial charge in [-0.1, -0.05) is 6.92 Å². The Balaban J connectivity index is 1.98. The molecule has 0 saturated carbocycles. The molecule has 0 radical (unpaired) electrons. The molecule has 2 aromatic heterocycles. The van der Waals surface area contributed by atoms with Gasteiger partial charge in [0.1, 0.15) is 17.5 Å². The molecule has 20 heavy (non-hydrogen) atoms. The van der Waals surface area contributed by atoms with Crippen molar-refractivity contribution in [3.8, 4) is 0 Å². The lowest BCUT2D eigenvalue weighted by Crippen LogP contribution is -2.19. The van der Waals surface area contributed by atoms with Crippen molar-refractivity contribution in [1.29, 1.82) is 0 Å². The summed E-state index contributed by atoms with van der Waals surface area (Å²) < 4.78 is 0. The van der Waals surface area contributed by atoms with Crippen LogP contribution < -0.4 is 10.6 Å². The molecule has 0 aliphatic rings. The average Bonchev–Trinajstić information content (AvgIpc) is 2.88. The van der Waals surface area contributed by atoms with Gasteiger partial charge < -0.3 is 10.6 Å². The van der Waals surface area contributed by atoms with Crippen LogP contribution in [0.25, 0.3) is 0 Å². The van der Waals surface area contributed by atoms with Crippen LogP contribution >= 0.6 is 11.3 Å². The second kappa shape index (κ2) is 7.24. The molecule has 1 unspecified atom stereocenters. The molecule has 0 aromatic carbocycles. The SMILES string of the molecule is CCCNc1cc(NC(C)Cc2ccsc2)nc(C)n1. The number of rotatable bonds is 7. The predicted octanol–water partition coefficient (Wildman–Crippen LogP) is 3.71. The van der Waals surface area contributed by atoms with Crippen molar-refractivity contribution in [3.63, 3.8) is 0 Å². The Kier molecular flexibility index (Phi) is 5.35. The zero-order valence-electron chi connectivity index (χ0n) is 12.3.